The Hall–Kier alpha value is -7.12. The van der Waals surface area contributed by atoms with Crippen LogP contribution in [0.15, 0.2) is 255 Å². The zero-order valence-corrected chi connectivity index (χ0v) is 45.6. The fraction of sp³-hybridized carbons (Fsp3) is 0.0909. The Labute approximate surface area is 453 Å². The van der Waals surface area contributed by atoms with Crippen LogP contribution >= 0.6 is 0 Å². The minimum absolute atomic E-state index is 0.173. The fourth-order valence-corrected chi connectivity index (χ4v) is 28.9. The third kappa shape index (κ3) is 7.35. The topological polar surface area (TPSA) is 18.5 Å². The van der Waals surface area contributed by atoms with E-state index in [9.17, 15) is 16.4 Å². The minimum atomic E-state index is -5.18. The fourth-order valence-electron chi connectivity index (χ4n) is 11.9. The highest BCUT2D eigenvalue weighted by Crippen LogP contribution is 2.31. The molecule has 0 spiro atoms. The first-order valence-corrected chi connectivity index (χ1v) is 35.7. The molecule has 7 heteroatoms. The first-order chi connectivity index (χ1) is 40.5. The van der Waals surface area contributed by atoms with Crippen molar-refractivity contribution in [3.63, 3.8) is 0 Å². The smallest absolute Gasteiger partial charge is 0.183 e. The molecule has 0 saturated carbocycles. The van der Waals surface area contributed by atoms with Gasteiger partial charge in [-0.15, -0.1) is 0 Å². The van der Waals surface area contributed by atoms with Crippen molar-refractivity contribution in [2.24, 2.45) is 0 Å². The summed E-state index contributed by atoms with van der Waals surface area (Å²) in [5.74, 6) is 1.82. The van der Waals surface area contributed by atoms with Gasteiger partial charge in [-0.25, -0.2) is 0 Å². The van der Waals surface area contributed by atoms with E-state index in [1.54, 1.807) is 24.3 Å². The SMILES string of the molecule is [2H]C([2H])([2H])[Si]1(C)c2ccccc2Oc2c([Si](c3ccccc3)(c3ccccc3)c3cccc([Si](c4cccc([Si](c5ccccc5)(c5ccccc5)c5cccc6c5Oc5ccccc5[Si]6(C)C([2H])([2H])[2H])c4)(C([2H])([2H])[2H])C([2H])([2H])[2H])c3)cccc21. The van der Waals surface area contributed by atoms with E-state index in [0.29, 0.717) is 54.1 Å². The summed E-state index contributed by atoms with van der Waals surface area (Å²) in [4.78, 5) is 0. The van der Waals surface area contributed by atoms with Gasteiger partial charge >= 0.3 is 0 Å². The van der Waals surface area contributed by atoms with Gasteiger partial charge in [0.15, 0.2) is 16.1 Å². The maximum absolute atomic E-state index is 9.92. The summed E-state index contributed by atoms with van der Waals surface area (Å²) in [6, 6.07) is 80.7. The standard InChI is InChI=1S/C66H60O2Si5/c1-69(2,53-35-23-37-55(47-53)72(49-27-11-7-12-28-49,50-29-13-8-14-30-50)63-45-25-43-61-65(63)67-57-39-19-21-41-59(57)70(61,3)4)54-36-24-38-56(48-54)73(51-31-15-9-16-32-51,52-33-17-10-18-34-52)64-46-26-44-62-66(64)68-58-40-20-22-42-60(58)71(62,5)6/h7-48H,1-6H3/i1D3,2D3,3D3,5D3. The largest absolute Gasteiger partial charge is 0.458 e. The lowest BCUT2D eigenvalue weighted by molar-refractivity contribution is 0.490. The molecule has 0 aromatic heterocycles. The Morgan fingerprint density at radius 2 is 0.616 bits per heavy atom. The van der Waals surface area contributed by atoms with Gasteiger partial charge in [0.25, 0.3) is 0 Å². The quantitative estimate of drug-likeness (QED) is 0.108. The molecule has 0 bridgehead atoms. The zero-order chi connectivity index (χ0) is 60.0. The summed E-state index contributed by atoms with van der Waals surface area (Å²) in [7, 11) is -20.2. The summed E-state index contributed by atoms with van der Waals surface area (Å²) >= 11 is 0. The Morgan fingerprint density at radius 3 is 0.973 bits per heavy atom. The van der Waals surface area contributed by atoms with Gasteiger partial charge in [0, 0.05) is 16.4 Å². The lowest BCUT2D eigenvalue weighted by Crippen LogP contribution is -2.76. The van der Waals surface area contributed by atoms with E-state index >= 15 is 0 Å². The molecule has 0 aliphatic carbocycles. The molecule has 0 saturated heterocycles. The molecular weight excluding hydrogens is 965 g/mol. The number of para-hydroxylation sites is 4. The number of hydrogen-bond acceptors (Lipinski definition) is 2. The third-order valence-electron chi connectivity index (χ3n) is 15.5. The molecule has 73 heavy (non-hydrogen) atoms. The van der Waals surface area contributed by atoms with Crippen LogP contribution in [0.4, 0.5) is 0 Å². The second-order valence-corrected chi connectivity index (χ2v) is 36.5. The molecule has 2 aliphatic heterocycles. The van der Waals surface area contributed by atoms with Gasteiger partial charge in [0.1, 0.15) is 47.2 Å². The molecule has 0 amide bonds. The maximum atomic E-state index is 9.92. The number of hydrogen-bond donors (Lipinski definition) is 0. The van der Waals surface area contributed by atoms with Crippen molar-refractivity contribution >= 4 is 113 Å². The van der Waals surface area contributed by atoms with Crippen molar-refractivity contribution in [3.8, 4) is 23.0 Å². The van der Waals surface area contributed by atoms with E-state index in [0.717, 1.165) is 31.1 Å². The molecule has 2 aliphatic rings. The predicted octanol–water partition coefficient (Wildman–Crippen LogP) is 7.12. The molecule has 0 fully saturated rings. The van der Waals surface area contributed by atoms with Crippen LogP contribution in [-0.2, 0) is 0 Å². The van der Waals surface area contributed by atoms with E-state index in [-0.39, 0.29) is 10.4 Å². The molecule has 10 aromatic carbocycles. The summed E-state index contributed by atoms with van der Waals surface area (Å²) < 4.78 is 129. The zero-order valence-electron chi connectivity index (χ0n) is 52.6. The van der Waals surface area contributed by atoms with Gasteiger partial charge in [-0.05, 0) is 74.4 Å². The Morgan fingerprint density at radius 1 is 0.315 bits per heavy atom. The highest BCUT2D eigenvalue weighted by atomic mass is 28.3. The first-order valence-electron chi connectivity index (χ1n) is 30.7. The van der Waals surface area contributed by atoms with E-state index in [2.05, 4.69) is 48.5 Å². The predicted molar refractivity (Wildman–Crippen MR) is 323 cm³/mol. The molecule has 12 rings (SSSR count). The van der Waals surface area contributed by atoms with Crippen LogP contribution in [0.5, 0.6) is 23.0 Å². The highest BCUT2D eigenvalue weighted by molar-refractivity contribution is 7.22. The number of fused-ring (bicyclic) bond motifs is 4. The molecule has 0 radical (unpaired) electrons. The van der Waals surface area contributed by atoms with Crippen LogP contribution in [0.2, 0.25) is 39.0 Å². The van der Waals surface area contributed by atoms with Gasteiger partial charge in [-0.2, -0.15) is 0 Å². The van der Waals surface area contributed by atoms with Crippen molar-refractivity contribution in [2.45, 2.75) is 39.0 Å². The Kier molecular flexibility index (Phi) is 8.72. The Balaban J connectivity index is 1.17. The third-order valence-corrected chi connectivity index (χ3v) is 33.3. The molecule has 2 heterocycles. The van der Waals surface area contributed by atoms with Crippen molar-refractivity contribution in [1.82, 2.24) is 0 Å². The number of ether oxygens (including phenoxy) is 2. The van der Waals surface area contributed by atoms with Crippen molar-refractivity contribution in [1.29, 1.82) is 0 Å². The Bertz CT molecular complexity index is 3800. The first kappa shape index (κ1) is 35.1. The average molecular weight is 1040 g/mol. The molecule has 2 unspecified atom stereocenters. The lowest BCUT2D eigenvalue weighted by Gasteiger charge is -2.40. The number of benzene rings is 10. The molecule has 2 nitrogen and oxygen atoms in total. The van der Waals surface area contributed by atoms with Crippen molar-refractivity contribution in [3.05, 3.63) is 255 Å². The monoisotopic (exact) mass is 1040 g/mol. The van der Waals surface area contributed by atoms with Crippen molar-refractivity contribution in [2.75, 3.05) is 0 Å². The van der Waals surface area contributed by atoms with Gasteiger partial charge < -0.3 is 9.47 Å². The van der Waals surface area contributed by atoms with Crippen LogP contribution < -0.4 is 82.1 Å². The van der Waals surface area contributed by atoms with Crippen LogP contribution in [0.3, 0.4) is 0 Å². The maximum Gasteiger partial charge on any atom is 0.183 e. The van der Waals surface area contributed by atoms with Gasteiger partial charge in [0.05, 0.1) is 0 Å². The number of rotatable bonds is 10. The highest BCUT2D eigenvalue weighted by Gasteiger charge is 2.50. The second kappa shape index (κ2) is 18.1. The van der Waals surface area contributed by atoms with Gasteiger partial charge in [-0.1, -0.05) is 292 Å². The van der Waals surface area contributed by atoms with E-state index in [1.807, 2.05) is 195 Å². The lowest BCUT2D eigenvalue weighted by atomic mass is 10.3. The molecule has 2 atom stereocenters. The molecule has 356 valence electrons. The van der Waals surface area contributed by atoms with E-state index in [1.165, 1.54) is 0 Å². The summed E-state index contributed by atoms with van der Waals surface area (Å²) in [5.41, 5.74) is 0. The molecule has 10 aromatic rings. The molecular formula is C66H60O2Si5. The summed E-state index contributed by atoms with van der Waals surface area (Å²) in [5, 5.41) is 9.29. The van der Waals surface area contributed by atoms with Crippen LogP contribution in [0.25, 0.3) is 0 Å². The molecule has 0 N–H and O–H groups in total. The van der Waals surface area contributed by atoms with Crippen LogP contribution in [0, 0.1) is 0 Å². The second-order valence-electron chi connectivity index (χ2n) is 19.7. The van der Waals surface area contributed by atoms with Gasteiger partial charge in [-0.3, -0.25) is 0 Å². The van der Waals surface area contributed by atoms with E-state index < -0.39 is 66.3 Å². The minimum Gasteiger partial charge on any atom is -0.458 e. The normalized spacial score (nSPS) is 20.1. The van der Waals surface area contributed by atoms with Crippen molar-refractivity contribution < 1.29 is 25.9 Å². The van der Waals surface area contributed by atoms with Crippen LogP contribution in [0.1, 0.15) is 16.4 Å². The van der Waals surface area contributed by atoms with Gasteiger partial charge in [0.2, 0.25) is 0 Å². The van der Waals surface area contributed by atoms with Crippen LogP contribution in [-0.4, -0.2) is 40.4 Å². The summed E-state index contributed by atoms with van der Waals surface area (Å²) in [6.07, 6.45) is 0. The van der Waals surface area contributed by atoms with E-state index in [4.69, 9.17) is 9.47 Å². The average Bonchev–Trinajstić information content (AvgIpc) is 0.816. The summed E-state index contributed by atoms with van der Waals surface area (Å²) in [6.45, 7) is -7.27.